The number of methoxy groups -OCH3 is 3. The van der Waals surface area contributed by atoms with Gasteiger partial charge in [0.15, 0.2) is 17.3 Å². The summed E-state index contributed by atoms with van der Waals surface area (Å²) in [5, 5.41) is 3.61. The fourth-order valence-corrected chi connectivity index (χ4v) is 3.31. The summed E-state index contributed by atoms with van der Waals surface area (Å²) < 4.78 is 69.1. The van der Waals surface area contributed by atoms with Crippen LogP contribution in [-0.2, 0) is 6.54 Å². The number of alkyl halides is 4. The van der Waals surface area contributed by atoms with E-state index in [4.69, 9.17) is 14.2 Å². The van der Waals surface area contributed by atoms with Gasteiger partial charge in [-0.3, -0.25) is 9.48 Å². The van der Waals surface area contributed by atoms with Gasteiger partial charge in [0.2, 0.25) is 0 Å². The van der Waals surface area contributed by atoms with Crippen LogP contribution in [-0.4, -0.2) is 36.9 Å². The van der Waals surface area contributed by atoms with Gasteiger partial charge >= 0.3 is 0 Å². The van der Waals surface area contributed by atoms with Gasteiger partial charge in [0.25, 0.3) is 12.9 Å². The van der Waals surface area contributed by atoms with E-state index in [1.807, 2.05) is 0 Å². The average Bonchev–Trinajstić information content (AvgIpc) is 3.26. The van der Waals surface area contributed by atoms with Crippen molar-refractivity contribution < 1.29 is 36.6 Å². The molecule has 0 radical (unpaired) electrons. The second-order valence-corrected chi connectivity index (χ2v) is 7.09. The molecule has 0 saturated carbocycles. The molecule has 34 heavy (non-hydrogen) atoms. The molecule has 0 saturated heterocycles. The molecule has 0 aliphatic heterocycles. The Morgan fingerprint density at radius 2 is 1.59 bits per heavy atom. The van der Waals surface area contributed by atoms with Gasteiger partial charge in [0, 0.05) is 11.1 Å². The number of nitrogens with zero attached hydrogens (tertiary/aromatic N) is 2. The number of aromatic nitrogens is 2. The predicted octanol–water partition coefficient (Wildman–Crippen LogP) is 5.73. The van der Waals surface area contributed by atoms with E-state index in [0.717, 1.165) is 4.68 Å². The number of carbonyl (C=O) groups excluding carboxylic acids is 1. The summed E-state index contributed by atoms with van der Waals surface area (Å²) in [6.45, 7) is -0.221. The van der Waals surface area contributed by atoms with Crippen LogP contribution in [0.1, 0.15) is 45.7 Å². The van der Waals surface area contributed by atoms with E-state index in [0.29, 0.717) is 40.0 Å². The number of ketones is 1. The maximum Gasteiger partial charge on any atom is 0.282 e. The van der Waals surface area contributed by atoms with Crippen LogP contribution in [0.25, 0.3) is 6.08 Å². The molecule has 6 nitrogen and oxygen atoms in total. The number of hydrogen-bond donors (Lipinski definition) is 0. The Labute approximate surface area is 193 Å². The fraction of sp³-hybridized carbons (Fsp3) is 0.250. The lowest BCUT2D eigenvalue weighted by Crippen LogP contribution is -2.08. The van der Waals surface area contributed by atoms with Crippen molar-refractivity contribution in [3.05, 3.63) is 76.6 Å². The lowest BCUT2D eigenvalue weighted by Gasteiger charge is -2.12. The highest BCUT2D eigenvalue weighted by atomic mass is 19.3. The zero-order valence-electron chi connectivity index (χ0n) is 18.6. The number of hydrogen-bond acceptors (Lipinski definition) is 5. The quantitative estimate of drug-likeness (QED) is 0.212. The number of carbonyl (C=O) groups is 1. The highest BCUT2D eigenvalue weighted by Crippen LogP contribution is 2.29. The van der Waals surface area contributed by atoms with Crippen LogP contribution in [0.15, 0.2) is 48.5 Å². The molecule has 0 unspecified atom stereocenters. The maximum absolute atomic E-state index is 13.3. The smallest absolute Gasteiger partial charge is 0.282 e. The highest BCUT2D eigenvalue weighted by Gasteiger charge is 2.22. The van der Waals surface area contributed by atoms with Gasteiger partial charge in [-0.2, -0.15) is 5.10 Å². The second kappa shape index (κ2) is 10.9. The molecule has 0 bridgehead atoms. The standard InChI is InChI=1S/C24H22F4N2O4/c1-32-20-8-5-14(4-7-19(31)15-6-9-21(33-2)22(11-15)34-3)10-16(20)13-30-18(24(27)28)12-17(29-30)23(25)26/h4-12,23-24H,13H2,1-3H3/b7-4+. The molecule has 10 heteroatoms. The molecule has 3 rings (SSSR count). The van der Waals surface area contributed by atoms with Crippen molar-refractivity contribution in [2.75, 3.05) is 21.3 Å². The van der Waals surface area contributed by atoms with Crippen molar-refractivity contribution >= 4 is 11.9 Å². The third kappa shape index (κ3) is 5.56. The summed E-state index contributed by atoms with van der Waals surface area (Å²) in [7, 11) is 4.35. The molecule has 0 amide bonds. The SMILES string of the molecule is COc1ccc(/C=C/C(=O)c2ccc(OC)c(OC)c2)cc1Cn1nc(C(F)F)cc1C(F)F. The molecule has 0 aliphatic rings. The summed E-state index contributed by atoms with van der Waals surface area (Å²) >= 11 is 0. The Bertz CT molecular complexity index is 1190. The Morgan fingerprint density at radius 1 is 0.912 bits per heavy atom. The molecule has 1 heterocycles. The summed E-state index contributed by atoms with van der Waals surface area (Å²) in [5.41, 5.74) is 0.0199. The molecular weight excluding hydrogens is 456 g/mol. The van der Waals surface area contributed by atoms with Crippen LogP contribution in [0.5, 0.6) is 17.2 Å². The number of benzene rings is 2. The first kappa shape index (κ1) is 24.8. The van der Waals surface area contributed by atoms with Crippen molar-refractivity contribution in [3.63, 3.8) is 0 Å². The van der Waals surface area contributed by atoms with E-state index in [1.54, 1.807) is 42.5 Å². The monoisotopic (exact) mass is 478 g/mol. The van der Waals surface area contributed by atoms with Gasteiger partial charge in [-0.15, -0.1) is 0 Å². The van der Waals surface area contributed by atoms with Crippen LogP contribution in [0.4, 0.5) is 17.6 Å². The zero-order valence-corrected chi connectivity index (χ0v) is 18.6. The van der Waals surface area contributed by atoms with E-state index in [1.165, 1.54) is 27.4 Å². The van der Waals surface area contributed by atoms with Crippen molar-refractivity contribution in [3.8, 4) is 17.2 Å². The Morgan fingerprint density at radius 3 is 2.21 bits per heavy atom. The molecule has 2 aromatic carbocycles. The minimum absolute atomic E-state index is 0.221. The first-order valence-electron chi connectivity index (χ1n) is 10.0. The predicted molar refractivity (Wildman–Crippen MR) is 117 cm³/mol. The third-order valence-corrected chi connectivity index (χ3v) is 5.00. The van der Waals surface area contributed by atoms with Gasteiger partial charge in [-0.25, -0.2) is 17.6 Å². The molecular formula is C24H22F4N2O4. The number of halogens is 4. The first-order chi connectivity index (χ1) is 16.3. The van der Waals surface area contributed by atoms with Crippen LogP contribution < -0.4 is 14.2 Å². The maximum atomic E-state index is 13.3. The van der Waals surface area contributed by atoms with Crippen molar-refractivity contribution in [1.82, 2.24) is 9.78 Å². The topological polar surface area (TPSA) is 62.6 Å². The normalized spacial score (nSPS) is 11.4. The fourth-order valence-electron chi connectivity index (χ4n) is 3.31. The Balaban J connectivity index is 1.87. The third-order valence-electron chi connectivity index (χ3n) is 5.00. The zero-order chi connectivity index (χ0) is 24.8. The van der Waals surface area contributed by atoms with Gasteiger partial charge in [-0.05, 0) is 48.0 Å². The van der Waals surface area contributed by atoms with Gasteiger partial charge in [-0.1, -0.05) is 12.1 Å². The molecule has 1 aromatic heterocycles. The summed E-state index contributed by atoms with van der Waals surface area (Å²) in [5.74, 6) is 0.954. The van der Waals surface area contributed by atoms with Gasteiger partial charge < -0.3 is 14.2 Å². The number of rotatable bonds is 10. The molecule has 180 valence electrons. The molecule has 0 atom stereocenters. The molecule has 3 aromatic rings. The van der Waals surface area contributed by atoms with E-state index in [9.17, 15) is 22.4 Å². The van der Waals surface area contributed by atoms with Crippen molar-refractivity contribution in [1.29, 1.82) is 0 Å². The molecule has 0 aliphatic carbocycles. The lowest BCUT2D eigenvalue weighted by atomic mass is 10.1. The number of allylic oxidation sites excluding steroid dienone is 1. The van der Waals surface area contributed by atoms with Crippen molar-refractivity contribution in [2.45, 2.75) is 19.4 Å². The Hall–Kier alpha value is -3.82. The summed E-state index contributed by atoms with van der Waals surface area (Å²) in [6, 6.07) is 10.3. The van der Waals surface area contributed by atoms with Crippen LogP contribution in [0.2, 0.25) is 0 Å². The van der Waals surface area contributed by atoms with Gasteiger partial charge in [0.05, 0.1) is 27.9 Å². The second-order valence-electron chi connectivity index (χ2n) is 7.09. The minimum atomic E-state index is -2.98. The summed E-state index contributed by atoms with van der Waals surface area (Å²) in [4.78, 5) is 12.6. The lowest BCUT2D eigenvalue weighted by molar-refractivity contribution is 0.104. The molecule has 0 spiro atoms. The molecule has 0 fully saturated rings. The van der Waals surface area contributed by atoms with Crippen LogP contribution in [0, 0.1) is 0 Å². The highest BCUT2D eigenvalue weighted by molar-refractivity contribution is 6.07. The van der Waals surface area contributed by atoms with Gasteiger partial charge in [0.1, 0.15) is 17.1 Å². The minimum Gasteiger partial charge on any atom is -0.496 e. The molecule has 0 N–H and O–H groups in total. The number of ether oxygens (including phenoxy) is 3. The largest absolute Gasteiger partial charge is 0.496 e. The van der Waals surface area contributed by atoms with E-state index >= 15 is 0 Å². The Kier molecular flexibility index (Phi) is 7.93. The summed E-state index contributed by atoms with van der Waals surface area (Å²) in [6.07, 6.45) is -3.06. The average molecular weight is 478 g/mol. The van der Waals surface area contributed by atoms with Crippen molar-refractivity contribution in [2.24, 2.45) is 0 Å². The van der Waals surface area contributed by atoms with Crippen LogP contribution >= 0.6 is 0 Å². The first-order valence-corrected chi connectivity index (χ1v) is 10.0. The van der Waals surface area contributed by atoms with E-state index < -0.39 is 24.2 Å². The van der Waals surface area contributed by atoms with E-state index in [2.05, 4.69) is 5.10 Å². The van der Waals surface area contributed by atoms with Crippen LogP contribution in [0.3, 0.4) is 0 Å². The van der Waals surface area contributed by atoms with E-state index in [-0.39, 0.29) is 12.3 Å².